The zero-order valence-electron chi connectivity index (χ0n) is 12.8. The Balaban J connectivity index is 1.86. The molecule has 0 saturated carbocycles. The Morgan fingerprint density at radius 3 is 1.64 bits per heavy atom. The number of ether oxygens (including phenoxy) is 2. The van der Waals surface area contributed by atoms with E-state index in [1.165, 1.54) is 0 Å². The zero-order chi connectivity index (χ0) is 15.8. The van der Waals surface area contributed by atoms with Crippen LogP contribution in [0.1, 0.15) is 11.1 Å². The van der Waals surface area contributed by atoms with Crippen LogP contribution in [-0.4, -0.2) is 19.3 Å². The molecule has 0 bridgehead atoms. The van der Waals surface area contributed by atoms with Crippen LogP contribution in [0, 0.1) is 0 Å². The minimum absolute atomic E-state index is 0.594. The molecular weight excluding hydrogens is 296 g/mol. The van der Waals surface area contributed by atoms with E-state index in [4.69, 9.17) is 21.7 Å². The minimum atomic E-state index is 0.594. The Kier molecular flexibility index (Phi) is 6.03. The molecule has 0 radical (unpaired) electrons. The topological polar surface area (TPSA) is 42.5 Å². The molecular formula is C17H20N2O2S. The fraction of sp³-hybridized carbons (Fsp3) is 0.235. The van der Waals surface area contributed by atoms with Crippen molar-refractivity contribution in [3.05, 3.63) is 59.7 Å². The van der Waals surface area contributed by atoms with E-state index >= 15 is 0 Å². The van der Waals surface area contributed by atoms with Gasteiger partial charge in [0.05, 0.1) is 14.2 Å². The highest BCUT2D eigenvalue weighted by atomic mass is 32.1. The summed E-state index contributed by atoms with van der Waals surface area (Å²) in [5.41, 5.74) is 2.12. The number of benzene rings is 2. The Morgan fingerprint density at radius 2 is 1.23 bits per heavy atom. The second-order valence-electron chi connectivity index (χ2n) is 4.66. The molecule has 0 heterocycles. The molecule has 0 aliphatic heterocycles. The normalized spacial score (nSPS) is 9.91. The van der Waals surface area contributed by atoms with E-state index in [9.17, 15) is 0 Å². The largest absolute Gasteiger partial charge is 0.496 e. The molecule has 0 aromatic heterocycles. The van der Waals surface area contributed by atoms with E-state index in [1.54, 1.807) is 14.2 Å². The van der Waals surface area contributed by atoms with Gasteiger partial charge in [-0.2, -0.15) is 0 Å². The van der Waals surface area contributed by atoms with Crippen LogP contribution in [0.4, 0.5) is 0 Å². The molecule has 116 valence electrons. The number of methoxy groups -OCH3 is 2. The van der Waals surface area contributed by atoms with Crippen molar-refractivity contribution in [1.82, 2.24) is 10.6 Å². The lowest BCUT2D eigenvalue weighted by Crippen LogP contribution is -2.34. The summed E-state index contributed by atoms with van der Waals surface area (Å²) in [6.07, 6.45) is 0. The van der Waals surface area contributed by atoms with Crippen LogP contribution in [0.2, 0.25) is 0 Å². The maximum Gasteiger partial charge on any atom is 0.166 e. The van der Waals surface area contributed by atoms with E-state index in [0.717, 1.165) is 22.6 Å². The molecule has 0 spiro atoms. The van der Waals surface area contributed by atoms with Crippen molar-refractivity contribution in [3.8, 4) is 11.5 Å². The zero-order valence-corrected chi connectivity index (χ0v) is 13.6. The first-order chi connectivity index (χ1) is 10.7. The van der Waals surface area contributed by atoms with Crippen molar-refractivity contribution >= 4 is 17.3 Å². The van der Waals surface area contributed by atoms with Crippen molar-refractivity contribution in [1.29, 1.82) is 0 Å². The van der Waals surface area contributed by atoms with Gasteiger partial charge in [-0.1, -0.05) is 36.4 Å². The molecule has 0 fully saturated rings. The van der Waals surface area contributed by atoms with E-state index < -0.39 is 0 Å². The summed E-state index contributed by atoms with van der Waals surface area (Å²) in [5, 5.41) is 6.96. The molecule has 4 nitrogen and oxygen atoms in total. The average Bonchev–Trinajstić information content (AvgIpc) is 2.58. The molecule has 0 aliphatic rings. The molecule has 2 N–H and O–H groups in total. The van der Waals surface area contributed by atoms with Gasteiger partial charge in [0.1, 0.15) is 11.5 Å². The SMILES string of the molecule is COc1ccccc1CNC(=S)NCc1ccccc1OC. The standard InChI is InChI=1S/C17H20N2O2S/c1-20-15-9-5-3-7-13(15)11-18-17(22)19-12-14-8-4-6-10-16(14)21-2/h3-10H,11-12H2,1-2H3,(H2,18,19,22). The number of rotatable bonds is 6. The number of para-hydroxylation sites is 2. The molecule has 0 unspecified atom stereocenters. The minimum Gasteiger partial charge on any atom is -0.496 e. The quantitative estimate of drug-likeness (QED) is 0.802. The van der Waals surface area contributed by atoms with Crippen molar-refractivity contribution < 1.29 is 9.47 Å². The Hall–Kier alpha value is -2.27. The fourth-order valence-corrected chi connectivity index (χ4v) is 2.26. The van der Waals surface area contributed by atoms with Gasteiger partial charge in [0.25, 0.3) is 0 Å². The maximum atomic E-state index is 5.32. The van der Waals surface area contributed by atoms with Crippen molar-refractivity contribution in [3.63, 3.8) is 0 Å². The molecule has 0 aliphatic carbocycles. The summed E-state index contributed by atoms with van der Waals surface area (Å²) in [7, 11) is 3.33. The summed E-state index contributed by atoms with van der Waals surface area (Å²) in [6.45, 7) is 1.23. The smallest absolute Gasteiger partial charge is 0.166 e. The summed E-state index contributed by atoms with van der Waals surface area (Å²) < 4.78 is 10.6. The predicted molar refractivity (Wildman–Crippen MR) is 92.3 cm³/mol. The van der Waals surface area contributed by atoms with Crippen LogP contribution in [0.25, 0.3) is 0 Å². The monoisotopic (exact) mass is 316 g/mol. The van der Waals surface area contributed by atoms with Gasteiger partial charge in [-0.05, 0) is 24.4 Å². The van der Waals surface area contributed by atoms with Crippen LogP contribution >= 0.6 is 12.2 Å². The molecule has 0 atom stereocenters. The number of thiocarbonyl (C=S) groups is 1. The second-order valence-corrected chi connectivity index (χ2v) is 5.07. The highest BCUT2D eigenvalue weighted by Gasteiger charge is 2.04. The summed E-state index contributed by atoms with van der Waals surface area (Å²) in [6, 6.07) is 15.7. The Bertz CT molecular complexity index is 578. The van der Waals surface area contributed by atoms with Crippen LogP contribution in [0.3, 0.4) is 0 Å². The van der Waals surface area contributed by atoms with Gasteiger partial charge >= 0.3 is 0 Å². The van der Waals surface area contributed by atoms with Gasteiger partial charge in [0, 0.05) is 24.2 Å². The van der Waals surface area contributed by atoms with E-state index in [1.807, 2.05) is 48.5 Å². The molecule has 2 aromatic rings. The number of nitrogens with one attached hydrogen (secondary N) is 2. The van der Waals surface area contributed by atoms with Gasteiger partial charge in [-0.25, -0.2) is 0 Å². The van der Waals surface area contributed by atoms with Gasteiger partial charge in [-0.3, -0.25) is 0 Å². The lowest BCUT2D eigenvalue weighted by atomic mass is 10.2. The molecule has 5 heteroatoms. The molecule has 2 rings (SSSR count). The van der Waals surface area contributed by atoms with E-state index in [-0.39, 0.29) is 0 Å². The highest BCUT2D eigenvalue weighted by Crippen LogP contribution is 2.17. The lowest BCUT2D eigenvalue weighted by molar-refractivity contribution is 0.408. The third kappa shape index (κ3) is 4.36. The first-order valence-electron chi connectivity index (χ1n) is 7.00. The third-order valence-corrected chi connectivity index (χ3v) is 3.55. The van der Waals surface area contributed by atoms with E-state index in [2.05, 4.69) is 10.6 Å². The molecule has 0 amide bonds. The van der Waals surface area contributed by atoms with Gasteiger partial charge in [0.15, 0.2) is 5.11 Å². The summed E-state index contributed by atoms with van der Waals surface area (Å²) >= 11 is 5.31. The first kappa shape index (κ1) is 16.1. The molecule has 22 heavy (non-hydrogen) atoms. The van der Waals surface area contributed by atoms with Crippen LogP contribution < -0.4 is 20.1 Å². The van der Waals surface area contributed by atoms with Gasteiger partial charge < -0.3 is 20.1 Å². The number of hydrogen-bond acceptors (Lipinski definition) is 3. The maximum absolute atomic E-state index is 5.32. The van der Waals surface area contributed by atoms with Crippen molar-refractivity contribution in [2.45, 2.75) is 13.1 Å². The number of hydrogen-bond donors (Lipinski definition) is 2. The van der Waals surface area contributed by atoms with Crippen molar-refractivity contribution in [2.24, 2.45) is 0 Å². The summed E-state index contributed by atoms with van der Waals surface area (Å²) in [4.78, 5) is 0. The highest BCUT2D eigenvalue weighted by molar-refractivity contribution is 7.80. The van der Waals surface area contributed by atoms with Crippen LogP contribution in [0.5, 0.6) is 11.5 Å². The molecule has 0 saturated heterocycles. The second kappa shape index (κ2) is 8.24. The van der Waals surface area contributed by atoms with Crippen LogP contribution in [-0.2, 0) is 13.1 Å². The Morgan fingerprint density at radius 1 is 0.818 bits per heavy atom. The third-order valence-electron chi connectivity index (χ3n) is 3.26. The van der Waals surface area contributed by atoms with E-state index in [0.29, 0.717) is 18.2 Å². The first-order valence-corrected chi connectivity index (χ1v) is 7.41. The summed E-state index contributed by atoms with van der Waals surface area (Å²) in [5.74, 6) is 1.70. The van der Waals surface area contributed by atoms with Crippen molar-refractivity contribution in [2.75, 3.05) is 14.2 Å². The Labute approximate surface area is 136 Å². The van der Waals surface area contributed by atoms with Crippen LogP contribution in [0.15, 0.2) is 48.5 Å². The van der Waals surface area contributed by atoms with Gasteiger partial charge in [-0.15, -0.1) is 0 Å². The average molecular weight is 316 g/mol. The lowest BCUT2D eigenvalue weighted by Gasteiger charge is -2.14. The fourth-order valence-electron chi connectivity index (χ4n) is 2.11. The predicted octanol–water partition coefficient (Wildman–Crippen LogP) is 2.87. The molecule has 2 aromatic carbocycles. The van der Waals surface area contributed by atoms with Gasteiger partial charge in [0.2, 0.25) is 0 Å².